The lowest BCUT2D eigenvalue weighted by Crippen LogP contribution is -2.51. The molecule has 2 unspecified atom stereocenters. The minimum Gasteiger partial charge on any atom is -0.508 e. The number of phenolic OH excluding ortho intramolecular Hbond substituents is 1. The number of piperazine rings is 1. The Morgan fingerprint density at radius 3 is 2.73 bits per heavy atom. The molecule has 4 fully saturated rings. The Labute approximate surface area is 235 Å². The summed E-state index contributed by atoms with van der Waals surface area (Å²) in [7, 11) is 0. The van der Waals surface area contributed by atoms with Gasteiger partial charge in [0.1, 0.15) is 24.3 Å². The molecule has 3 N–H and O–H groups in total. The Morgan fingerprint density at radius 1 is 1.07 bits per heavy atom. The van der Waals surface area contributed by atoms with Gasteiger partial charge in [-0.05, 0) is 61.9 Å². The van der Waals surface area contributed by atoms with Crippen molar-refractivity contribution in [1.29, 1.82) is 0 Å². The Balaban J connectivity index is 1.23. The van der Waals surface area contributed by atoms with Crippen molar-refractivity contribution >= 4 is 27.5 Å². The van der Waals surface area contributed by atoms with E-state index >= 15 is 4.39 Å². The van der Waals surface area contributed by atoms with E-state index in [9.17, 15) is 13.9 Å². The van der Waals surface area contributed by atoms with Crippen LogP contribution in [0.1, 0.15) is 32.1 Å². The highest BCUT2D eigenvalue weighted by atomic mass is 19.2. The number of benzene rings is 2. The van der Waals surface area contributed by atoms with E-state index in [4.69, 9.17) is 9.72 Å². The number of pyridine rings is 1. The van der Waals surface area contributed by atoms with E-state index in [1.54, 1.807) is 0 Å². The summed E-state index contributed by atoms with van der Waals surface area (Å²) < 4.78 is 50.1. The predicted molar refractivity (Wildman–Crippen MR) is 151 cm³/mol. The van der Waals surface area contributed by atoms with E-state index in [2.05, 4.69) is 20.1 Å². The van der Waals surface area contributed by atoms with E-state index in [0.717, 1.165) is 68.1 Å². The summed E-state index contributed by atoms with van der Waals surface area (Å²) >= 11 is 0. The number of nitrogens with zero attached hydrogens (tertiary/aromatic N) is 3. The molecule has 4 atom stereocenters. The number of hydrogen-bond donors (Lipinski definition) is 3. The number of phenols is 1. The molecule has 0 aliphatic carbocycles. The van der Waals surface area contributed by atoms with Crippen LogP contribution in [0, 0.1) is 11.6 Å². The van der Waals surface area contributed by atoms with Gasteiger partial charge in [0.05, 0.1) is 11.1 Å². The third-order valence-corrected chi connectivity index (χ3v) is 9.62. The van der Waals surface area contributed by atoms with E-state index < -0.39 is 17.8 Å². The van der Waals surface area contributed by atoms with Gasteiger partial charge in [0.2, 0.25) is 5.88 Å². The summed E-state index contributed by atoms with van der Waals surface area (Å²) in [5, 5.41) is 15.4. The molecule has 4 saturated heterocycles. The van der Waals surface area contributed by atoms with Crippen LogP contribution in [0.4, 0.5) is 19.0 Å². The molecule has 7 nitrogen and oxygen atoms in total. The first-order chi connectivity index (χ1) is 19.8. The lowest BCUT2D eigenvalue weighted by atomic mass is 9.95. The molecule has 4 aromatic rings. The van der Waals surface area contributed by atoms with Crippen molar-refractivity contribution in [2.75, 3.05) is 37.7 Å². The van der Waals surface area contributed by atoms with E-state index in [1.807, 2.05) is 12.1 Å². The number of anilines is 1. The molecule has 214 valence electrons. The van der Waals surface area contributed by atoms with Gasteiger partial charge < -0.3 is 25.0 Å². The van der Waals surface area contributed by atoms with Crippen LogP contribution in [-0.4, -0.2) is 76.6 Å². The molecule has 8 rings (SSSR count). The number of fused-ring (bicyclic) bond motifs is 5. The highest BCUT2D eigenvalue weighted by Crippen LogP contribution is 2.42. The zero-order valence-corrected chi connectivity index (χ0v) is 22.6. The number of rotatable bonds is 5. The van der Waals surface area contributed by atoms with Crippen LogP contribution in [0.15, 0.2) is 36.4 Å². The summed E-state index contributed by atoms with van der Waals surface area (Å²) in [5.41, 5.74) is 1.35. The molecule has 0 spiro atoms. The predicted octanol–water partition coefficient (Wildman–Crippen LogP) is 5.26. The normalized spacial score (nSPS) is 27.8. The molecule has 4 aliphatic heterocycles. The quantitative estimate of drug-likeness (QED) is 0.308. The van der Waals surface area contributed by atoms with E-state index in [-0.39, 0.29) is 16.7 Å². The molecule has 6 heterocycles. The Bertz CT molecular complexity index is 1670. The van der Waals surface area contributed by atoms with Crippen LogP contribution in [0.25, 0.3) is 32.9 Å². The van der Waals surface area contributed by atoms with Gasteiger partial charge in [0.25, 0.3) is 0 Å². The van der Waals surface area contributed by atoms with Crippen LogP contribution in [0.2, 0.25) is 0 Å². The third kappa shape index (κ3) is 4.14. The summed E-state index contributed by atoms with van der Waals surface area (Å²) in [6.45, 7) is 3.32. The standard InChI is InChI=1S/C31H32F3N5O2/c32-18-12-31(6-1-7-39(31)13-18)16-41-27-11-26-23(30(37-27)38-14-19-3-4-20(15-38)35-19)10-25(36-26)22-9-21(40)8-17-2-5-24(33)29(34)28(17)22/h2,5,8-11,18-20,35-36,40H,1,3-4,6-7,12-16H2/t18-,19?,20?,31+/m1/s1. The van der Waals surface area contributed by atoms with Gasteiger partial charge >= 0.3 is 0 Å². The molecule has 10 heteroatoms. The smallest absolute Gasteiger partial charge is 0.217 e. The number of H-pyrrole nitrogens is 1. The van der Waals surface area contributed by atoms with Gasteiger partial charge in [-0.1, -0.05) is 6.07 Å². The molecule has 2 bridgehead atoms. The number of alkyl halides is 1. The topological polar surface area (TPSA) is 76.7 Å². The third-order valence-electron chi connectivity index (χ3n) is 9.62. The number of nitrogens with one attached hydrogen (secondary N) is 2. The molecule has 2 aromatic heterocycles. The average molecular weight is 564 g/mol. The van der Waals surface area contributed by atoms with Gasteiger partial charge in [0.15, 0.2) is 11.6 Å². The van der Waals surface area contributed by atoms with Crippen molar-refractivity contribution in [3.63, 3.8) is 0 Å². The first kappa shape index (κ1) is 25.2. The van der Waals surface area contributed by atoms with Crippen LogP contribution < -0.4 is 15.0 Å². The summed E-state index contributed by atoms with van der Waals surface area (Å²) in [5.74, 6) is -0.724. The summed E-state index contributed by atoms with van der Waals surface area (Å²) in [6.07, 6.45) is 3.80. The lowest BCUT2D eigenvalue weighted by Gasteiger charge is -2.34. The number of aromatic hydroxyl groups is 1. The Hall–Kier alpha value is -3.50. The summed E-state index contributed by atoms with van der Waals surface area (Å²) in [4.78, 5) is 12.9. The van der Waals surface area contributed by atoms with Gasteiger partial charge in [-0.25, -0.2) is 13.2 Å². The second-order valence-electron chi connectivity index (χ2n) is 12.3. The van der Waals surface area contributed by atoms with Crippen molar-refractivity contribution in [1.82, 2.24) is 20.2 Å². The highest BCUT2D eigenvalue weighted by Gasteiger charge is 2.49. The summed E-state index contributed by atoms with van der Waals surface area (Å²) in [6, 6.07) is 9.90. The molecular weight excluding hydrogens is 531 g/mol. The van der Waals surface area contributed by atoms with Crippen LogP contribution in [0.5, 0.6) is 11.6 Å². The van der Waals surface area contributed by atoms with Crippen molar-refractivity contribution in [2.24, 2.45) is 0 Å². The molecular formula is C31H32F3N5O2. The van der Waals surface area contributed by atoms with E-state index in [1.165, 1.54) is 18.2 Å². The fourth-order valence-electron chi connectivity index (χ4n) is 7.77. The number of halogens is 3. The Kier molecular flexibility index (Phi) is 5.69. The maximum Gasteiger partial charge on any atom is 0.217 e. The maximum atomic E-state index is 15.1. The average Bonchev–Trinajstić information content (AvgIpc) is 3.70. The molecule has 2 aromatic carbocycles. The van der Waals surface area contributed by atoms with Gasteiger partial charge in [0, 0.05) is 66.2 Å². The SMILES string of the molecule is Oc1cc(-c2cc3c(N4CC5CCC(C4)N5)nc(OC[C@@]45CCCN4C[C@H](F)C5)cc3[nH]2)c2c(F)c(F)ccc2c1. The molecule has 0 amide bonds. The number of ether oxygens (including phenoxy) is 1. The first-order valence-electron chi connectivity index (χ1n) is 14.5. The van der Waals surface area contributed by atoms with Crippen LogP contribution in [0.3, 0.4) is 0 Å². The first-order valence-corrected chi connectivity index (χ1v) is 14.5. The van der Waals surface area contributed by atoms with E-state index in [0.29, 0.717) is 54.2 Å². The second kappa shape index (κ2) is 9.25. The van der Waals surface area contributed by atoms with Crippen molar-refractivity contribution in [2.45, 2.75) is 55.9 Å². The number of aromatic amines is 1. The molecule has 0 radical (unpaired) electrons. The number of aromatic nitrogens is 2. The van der Waals surface area contributed by atoms with Crippen LogP contribution >= 0.6 is 0 Å². The minimum absolute atomic E-state index is 0.0404. The molecule has 41 heavy (non-hydrogen) atoms. The lowest BCUT2D eigenvalue weighted by molar-refractivity contribution is 0.111. The fraction of sp³-hybridized carbons (Fsp3) is 0.452. The zero-order chi connectivity index (χ0) is 27.9. The van der Waals surface area contributed by atoms with Crippen molar-refractivity contribution in [3.05, 3.63) is 48.0 Å². The minimum atomic E-state index is -0.958. The van der Waals surface area contributed by atoms with Crippen molar-refractivity contribution < 1.29 is 23.0 Å². The Morgan fingerprint density at radius 2 is 1.90 bits per heavy atom. The van der Waals surface area contributed by atoms with Gasteiger partial charge in [-0.3, -0.25) is 4.90 Å². The van der Waals surface area contributed by atoms with Gasteiger partial charge in [-0.2, -0.15) is 4.98 Å². The van der Waals surface area contributed by atoms with Crippen LogP contribution in [-0.2, 0) is 0 Å². The highest BCUT2D eigenvalue weighted by molar-refractivity contribution is 6.02. The second-order valence-corrected chi connectivity index (χ2v) is 12.3. The maximum absolute atomic E-state index is 15.1. The van der Waals surface area contributed by atoms with Crippen molar-refractivity contribution in [3.8, 4) is 22.9 Å². The largest absolute Gasteiger partial charge is 0.508 e. The zero-order valence-electron chi connectivity index (χ0n) is 22.6. The number of hydrogen-bond acceptors (Lipinski definition) is 6. The molecule has 4 aliphatic rings. The van der Waals surface area contributed by atoms with Gasteiger partial charge in [-0.15, -0.1) is 0 Å². The monoisotopic (exact) mass is 563 g/mol. The fourth-order valence-corrected chi connectivity index (χ4v) is 7.77. The molecule has 0 saturated carbocycles.